The SMILES string of the molecule is Cc1ccc(-c2[nH]c3ccccc3c2SCCNC(=O)c2ccccc2I)cc1. The molecule has 3 aromatic carbocycles. The van der Waals surface area contributed by atoms with E-state index >= 15 is 0 Å². The Morgan fingerprint density at radius 1 is 1.00 bits per heavy atom. The molecule has 0 radical (unpaired) electrons. The Balaban J connectivity index is 1.50. The zero-order valence-electron chi connectivity index (χ0n) is 16.0. The summed E-state index contributed by atoms with van der Waals surface area (Å²) < 4.78 is 0.966. The lowest BCUT2D eigenvalue weighted by atomic mass is 10.1. The number of carbonyl (C=O) groups is 1. The summed E-state index contributed by atoms with van der Waals surface area (Å²) in [7, 11) is 0. The molecule has 0 fully saturated rings. The number of thioether (sulfide) groups is 1. The van der Waals surface area contributed by atoms with Crippen molar-refractivity contribution in [3.63, 3.8) is 0 Å². The zero-order chi connectivity index (χ0) is 20.2. The van der Waals surface area contributed by atoms with E-state index in [0.29, 0.717) is 6.54 Å². The minimum absolute atomic E-state index is 0.0201. The quantitative estimate of drug-likeness (QED) is 0.182. The number of hydrogen-bond acceptors (Lipinski definition) is 2. The van der Waals surface area contributed by atoms with Crippen molar-refractivity contribution in [2.45, 2.75) is 11.8 Å². The van der Waals surface area contributed by atoms with Crippen LogP contribution in [0.1, 0.15) is 15.9 Å². The predicted molar refractivity (Wildman–Crippen MR) is 131 cm³/mol. The van der Waals surface area contributed by atoms with Gasteiger partial charge >= 0.3 is 0 Å². The van der Waals surface area contributed by atoms with Crippen molar-refractivity contribution in [3.8, 4) is 11.3 Å². The monoisotopic (exact) mass is 512 g/mol. The molecule has 4 rings (SSSR count). The lowest BCUT2D eigenvalue weighted by molar-refractivity contribution is 0.0955. The highest BCUT2D eigenvalue weighted by Crippen LogP contribution is 2.37. The van der Waals surface area contributed by atoms with Gasteiger partial charge in [0.15, 0.2) is 0 Å². The predicted octanol–water partition coefficient (Wildman–Crippen LogP) is 6.27. The zero-order valence-corrected chi connectivity index (χ0v) is 19.0. The van der Waals surface area contributed by atoms with Gasteiger partial charge < -0.3 is 10.3 Å². The third-order valence-electron chi connectivity index (χ3n) is 4.75. The molecule has 29 heavy (non-hydrogen) atoms. The van der Waals surface area contributed by atoms with E-state index in [1.807, 2.05) is 30.3 Å². The average Bonchev–Trinajstić information content (AvgIpc) is 3.10. The molecule has 0 aliphatic rings. The third kappa shape index (κ3) is 4.51. The first kappa shape index (κ1) is 20.0. The molecular formula is C24H21IN2OS. The van der Waals surface area contributed by atoms with E-state index in [1.54, 1.807) is 11.8 Å². The van der Waals surface area contributed by atoms with Crippen LogP contribution in [-0.2, 0) is 0 Å². The number of aromatic nitrogens is 1. The highest BCUT2D eigenvalue weighted by atomic mass is 127. The summed E-state index contributed by atoms with van der Waals surface area (Å²) in [6.45, 7) is 2.71. The normalized spacial score (nSPS) is 11.0. The van der Waals surface area contributed by atoms with Gasteiger partial charge in [0, 0.05) is 31.7 Å². The number of carbonyl (C=O) groups excluding carboxylic acids is 1. The lowest BCUT2D eigenvalue weighted by Crippen LogP contribution is -2.26. The van der Waals surface area contributed by atoms with E-state index in [0.717, 1.165) is 26.1 Å². The van der Waals surface area contributed by atoms with Crippen LogP contribution >= 0.6 is 34.4 Å². The first-order valence-corrected chi connectivity index (χ1v) is 11.5. The highest BCUT2D eigenvalue weighted by Gasteiger charge is 2.14. The van der Waals surface area contributed by atoms with Gasteiger partial charge in [-0.3, -0.25) is 4.79 Å². The van der Waals surface area contributed by atoms with Crippen molar-refractivity contribution in [2.75, 3.05) is 12.3 Å². The first-order valence-electron chi connectivity index (χ1n) is 9.47. The second-order valence-electron chi connectivity index (χ2n) is 6.82. The van der Waals surface area contributed by atoms with Crippen LogP contribution in [0, 0.1) is 10.5 Å². The minimum Gasteiger partial charge on any atom is -0.354 e. The number of halogens is 1. The van der Waals surface area contributed by atoms with Gasteiger partial charge in [0.1, 0.15) is 0 Å². The van der Waals surface area contributed by atoms with Gasteiger partial charge in [-0.05, 0) is 53.3 Å². The maximum absolute atomic E-state index is 12.4. The standard InChI is InChI=1S/C24H21IN2OS/c1-16-10-12-17(13-11-16)22-23(19-7-3-5-9-21(19)27-22)29-15-14-26-24(28)18-6-2-4-8-20(18)25/h2-13,27H,14-15H2,1H3,(H,26,28). The van der Waals surface area contributed by atoms with Gasteiger partial charge in [-0.15, -0.1) is 11.8 Å². The van der Waals surface area contributed by atoms with Crippen LogP contribution in [0.2, 0.25) is 0 Å². The number of rotatable bonds is 6. The summed E-state index contributed by atoms with van der Waals surface area (Å²) in [5, 5.41) is 4.26. The minimum atomic E-state index is -0.0201. The van der Waals surface area contributed by atoms with E-state index in [-0.39, 0.29) is 5.91 Å². The van der Waals surface area contributed by atoms with Crippen LogP contribution in [0.3, 0.4) is 0 Å². The van der Waals surface area contributed by atoms with Crippen LogP contribution in [0.5, 0.6) is 0 Å². The number of H-pyrrole nitrogens is 1. The molecule has 0 atom stereocenters. The molecule has 5 heteroatoms. The molecule has 0 unspecified atom stereocenters. The summed E-state index contributed by atoms with van der Waals surface area (Å²) in [5.41, 5.74) is 5.42. The maximum Gasteiger partial charge on any atom is 0.252 e. The van der Waals surface area contributed by atoms with Gasteiger partial charge in [0.2, 0.25) is 0 Å². The summed E-state index contributed by atoms with van der Waals surface area (Å²) in [5.74, 6) is 0.781. The Kier molecular flexibility index (Phi) is 6.25. The lowest BCUT2D eigenvalue weighted by Gasteiger charge is -2.08. The van der Waals surface area contributed by atoms with Crippen molar-refractivity contribution in [1.82, 2.24) is 10.3 Å². The van der Waals surface area contributed by atoms with Crippen molar-refractivity contribution in [2.24, 2.45) is 0 Å². The number of hydrogen-bond donors (Lipinski definition) is 2. The van der Waals surface area contributed by atoms with Gasteiger partial charge in [-0.1, -0.05) is 60.2 Å². The number of aryl methyl sites for hydroxylation is 1. The molecule has 0 aliphatic carbocycles. The summed E-state index contributed by atoms with van der Waals surface area (Å²) in [6, 6.07) is 24.6. The molecule has 0 saturated carbocycles. The van der Waals surface area contributed by atoms with Gasteiger partial charge in [-0.2, -0.15) is 0 Å². The van der Waals surface area contributed by atoms with Crippen LogP contribution in [-0.4, -0.2) is 23.2 Å². The van der Waals surface area contributed by atoms with Crippen molar-refractivity contribution >= 4 is 51.2 Å². The average molecular weight is 512 g/mol. The largest absolute Gasteiger partial charge is 0.354 e. The fraction of sp³-hybridized carbons (Fsp3) is 0.125. The number of para-hydroxylation sites is 1. The molecule has 4 aromatic rings. The molecule has 0 aliphatic heterocycles. The fourth-order valence-electron chi connectivity index (χ4n) is 3.25. The Morgan fingerprint density at radius 2 is 1.72 bits per heavy atom. The molecular weight excluding hydrogens is 491 g/mol. The molecule has 1 heterocycles. The molecule has 0 spiro atoms. The smallest absolute Gasteiger partial charge is 0.252 e. The maximum atomic E-state index is 12.4. The van der Waals surface area contributed by atoms with E-state index in [2.05, 4.69) is 82.3 Å². The van der Waals surface area contributed by atoms with Crippen LogP contribution in [0.25, 0.3) is 22.2 Å². The molecule has 0 saturated heterocycles. The Labute approximate surface area is 188 Å². The van der Waals surface area contributed by atoms with E-state index < -0.39 is 0 Å². The topological polar surface area (TPSA) is 44.9 Å². The summed E-state index contributed by atoms with van der Waals surface area (Å²) in [4.78, 5) is 17.2. The number of amides is 1. The van der Waals surface area contributed by atoms with E-state index in [4.69, 9.17) is 0 Å². The van der Waals surface area contributed by atoms with Gasteiger partial charge in [0.25, 0.3) is 5.91 Å². The summed E-state index contributed by atoms with van der Waals surface area (Å²) in [6.07, 6.45) is 0. The molecule has 1 aromatic heterocycles. The second-order valence-corrected chi connectivity index (χ2v) is 9.09. The molecule has 1 amide bonds. The summed E-state index contributed by atoms with van der Waals surface area (Å²) >= 11 is 3.97. The van der Waals surface area contributed by atoms with Crippen molar-refractivity contribution < 1.29 is 4.79 Å². The molecule has 146 valence electrons. The third-order valence-corrected chi connectivity index (χ3v) is 6.81. The molecule has 3 nitrogen and oxygen atoms in total. The van der Waals surface area contributed by atoms with Crippen LogP contribution in [0.15, 0.2) is 77.7 Å². The highest BCUT2D eigenvalue weighted by molar-refractivity contribution is 14.1. The molecule has 2 N–H and O–H groups in total. The van der Waals surface area contributed by atoms with Gasteiger partial charge in [-0.25, -0.2) is 0 Å². The van der Waals surface area contributed by atoms with E-state index in [9.17, 15) is 4.79 Å². The van der Waals surface area contributed by atoms with Crippen molar-refractivity contribution in [1.29, 1.82) is 0 Å². The van der Waals surface area contributed by atoms with Crippen LogP contribution in [0.4, 0.5) is 0 Å². The first-order chi connectivity index (χ1) is 14.1. The van der Waals surface area contributed by atoms with E-state index in [1.165, 1.54) is 21.4 Å². The van der Waals surface area contributed by atoms with Crippen molar-refractivity contribution in [3.05, 3.63) is 87.5 Å². The number of benzene rings is 3. The van der Waals surface area contributed by atoms with Crippen LogP contribution < -0.4 is 5.32 Å². The number of nitrogens with one attached hydrogen (secondary N) is 2. The number of fused-ring (bicyclic) bond motifs is 1. The second kappa shape index (κ2) is 9.05. The Bertz CT molecular complexity index is 1150. The molecule has 0 bridgehead atoms. The Hall–Kier alpha value is -2.25. The fourth-order valence-corrected chi connectivity index (χ4v) is 4.94. The number of aromatic amines is 1. The van der Waals surface area contributed by atoms with Gasteiger partial charge in [0.05, 0.1) is 11.3 Å². The Morgan fingerprint density at radius 3 is 2.52 bits per heavy atom.